The topological polar surface area (TPSA) is 90.0 Å². The van der Waals surface area contributed by atoms with Crippen LogP contribution in [-0.4, -0.2) is 72.0 Å². The maximum Gasteiger partial charge on any atom is 0.305 e. The molecule has 0 aromatic heterocycles. The number of hydrogen-bond donors (Lipinski definition) is 2. The number of carboxylic acids is 1. The summed E-state index contributed by atoms with van der Waals surface area (Å²) >= 11 is 0. The summed E-state index contributed by atoms with van der Waals surface area (Å²) in [6, 6.07) is -0.871. The molecule has 0 aromatic rings. The summed E-state index contributed by atoms with van der Waals surface area (Å²) < 4.78 is 0. The largest absolute Gasteiger partial charge is 0.481 e. The summed E-state index contributed by atoms with van der Waals surface area (Å²) in [6.45, 7) is 2.32. The Kier molecular flexibility index (Phi) is 4.04. The second kappa shape index (κ2) is 5.56. The van der Waals surface area contributed by atoms with E-state index >= 15 is 0 Å². The van der Waals surface area contributed by atoms with Gasteiger partial charge in [0.15, 0.2) is 0 Å². The van der Waals surface area contributed by atoms with Crippen LogP contribution in [0.1, 0.15) is 12.8 Å². The molecule has 2 atom stereocenters. The molecule has 7 nitrogen and oxygen atoms in total. The zero-order valence-corrected chi connectivity index (χ0v) is 11.0. The van der Waals surface area contributed by atoms with E-state index in [1.54, 1.807) is 0 Å². The van der Waals surface area contributed by atoms with Crippen LogP contribution in [0.2, 0.25) is 0 Å². The molecule has 0 aliphatic carbocycles. The Morgan fingerprint density at radius 2 is 2.16 bits per heavy atom. The van der Waals surface area contributed by atoms with Crippen molar-refractivity contribution in [2.75, 3.05) is 33.2 Å². The van der Waals surface area contributed by atoms with E-state index < -0.39 is 12.0 Å². The molecule has 2 aliphatic heterocycles. The van der Waals surface area contributed by atoms with E-state index in [4.69, 9.17) is 5.11 Å². The molecule has 2 heterocycles. The predicted molar refractivity (Wildman–Crippen MR) is 66.4 cm³/mol. The first-order valence-electron chi connectivity index (χ1n) is 6.47. The number of nitrogens with zero attached hydrogens (tertiary/aromatic N) is 2. The molecule has 2 saturated heterocycles. The first kappa shape index (κ1) is 13.8. The Morgan fingerprint density at radius 3 is 2.74 bits per heavy atom. The minimum absolute atomic E-state index is 0.0922. The van der Waals surface area contributed by atoms with Crippen LogP contribution in [0.4, 0.5) is 0 Å². The highest BCUT2D eigenvalue weighted by Crippen LogP contribution is 2.20. The normalized spacial score (nSPS) is 28.3. The van der Waals surface area contributed by atoms with Crippen molar-refractivity contribution in [1.82, 2.24) is 15.1 Å². The van der Waals surface area contributed by atoms with Crippen LogP contribution in [-0.2, 0) is 14.4 Å². The van der Waals surface area contributed by atoms with E-state index in [1.165, 1.54) is 4.90 Å². The highest BCUT2D eigenvalue weighted by atomic mass is 16.4. The number of rotatable bonds is 3. The number of carbonyl (C=O) groups excluding carboxylic acids is 2. The minimum Gasteiger partial charge on any atom is -0.481 e. The van der Waals surface area contributed by atoms with Gasteiger partial charge in [0.1, 0.15) is 6.04 Å². The van der Waals surface area contributed by atoms with Gasteiger partial charge in [-0.15, -0.1) is 0 Å². The second-order valence-electron chi connectivity index (χ2n) is 5.18. The van der Waals surface area contributed by atoms with Crippen molar-refractivity contribution < 1.29 is 19.5 Å². The summed E-state index contributed by atoms with van der Waals surface area (Å²) in [7, 11) is 1.95. The zero-order valence-electron chi connectivity index (χ0n) is 11.0. The number of piperazine rings is 1. The van der Waals surface area contributed by atoms with Crippen LogP contribution in [0, 0.1) is 5.92 Å². The lowest BCUT2D eigenvalue weighted by Crippen LogP contribution is -2.59. The molecule has 2 N–H and O–H groups in total. The van der Waals surface area contributed by atoms with E-state index in [0.717, 1.165) is 13.0 Å². The molecule has 106 valence electrons. The first-order chi connectivity index (χ1) is 8.99. The smallest absolute Gasteiger partial charge is 0.305 e. The number of aliphatic carboxylic acids is 1. The van der Waals surface area contributed by atoms with E-state index in [-0.39, 0.29) is 24.2 Å². The van der Waals surface area contributed by atoms with Crippen molar-refractivity contribution in [1.29, 1.82) is 0 Å². The number of amides is 2. The molecule has 0 bridgehead atoms. The highest BCUT2D eigenvalue weighted by molar-refractivity contribution is 5.92. The molecular weight excluding hydrogens is 250 g/mol. The lowest BCUT2D eigenvalue weighted by molar-refractivity contribution is -0.150. The van der Waals surface area contributed by atoms with Crippen LogP contribution in [0.15, 0.2) is 0 Å². The SMILES string of the molecule is CN1CCC(C(=O)N2CCNC(=O)C2CC(=O)O)C1. The van der Waals surface area contributed by atoms with E-state index in [2.05, 4.69) is 10.2 Å². The lowest BCUT2D eigenvalue weighted by Gasteiger charge is -2.35. The van der Waals surface area contributed by atoms with Crippen molar-refractivity contribution in [3.8, 4) is 0 Å². The molecule has 2 aliphatic rings. The van der Waals surface area contributed by atoms with E-state index in [9.17, 15) is 14.4 Å². The molecule has 19 heavy (non-hydrogen) atoms. The fourth-order valence-corrected chi connectivity index (χ4v) is 2.72. The summed E-state index contributed by atoms with van der Waals surface area (Å²) in [5.41, 5.74) is 0. The molecule has 0 saturated carbocycles. The fraction of sp³-hybridized carbons (Fsp3) is 0.750. The Bertz CT molecular complexity index is 398. The molecular formula is C12H19N3O4. The monoisotopic (exact) mass is 269 g/mol. The highest BCUT2D eigenvalue weighted by Gasteiger charge is 2.38. The van der Waals surface area contributed by atoms with Crippen LogP contribution in [0.5, 0.6) is 0 Å². The van der Waals surface area contributed by atoms with Crippen molar-refractivity contribution in [3.63, 3.8) is 0 Å². The van der Waals surface area contributed by atoms with Crippen molar-refractivity contribution in [2.24, 2.45) is 5.92 Å². The maximum absolute atomic E-state index is 12.4. The zero-order chi connectivity index (χ0) is 14.0. The number of likely N-dealkylation sites (tertiary alicyclic amines) is 1. The van der Waals surface area contributed by atoms with Gasteiger partial charge in [0.05, 0.1) is 12.3 Å². The van der Waals surface area contributed by atoms with Gasteiger partial charge in [0.2, 0.25) is 11.8 Å². The Balaban J connectivity index is 2.08. The van der Waals surface area contributed by atoms with Crippen molar-refractivity contribution in [2.45, 2.75) is 18.9 Å². The van der Waals surface area contributed by atoms with Crippen LogP contribution >= 0.6 is 0 Å². The van der Waals surface area contributed by atoms with Crippen molar-refractivity contribution >= 4 is 17.8 Å². The van der Waals surface area contributed by atoms with E-state index in [0.29, 0.717) is 19.6 Å². The van der Waals surface area contributed by atoms with Gasteiger partial charge in [-0.05, 0) is 20.0 Å². The lowest BCUT2D eigenvalue weighted by atomic mass is 10.0. The van der Waals surface area contributed by atoms with Crippen LogP contribution in [0.25, 0.3) is 0 Å². The minimum atomic E-state index is -1.07. The van der Waals surface area contributed by atoms with Crippen molar-refractivity contribution in [3.05, 3.63) is 0 Å². The predicted octanol–water partition coefficient (Wildman–Crippen LogP) is -1.26. The van der Waals surface area contributed by atoms with Gasteiger partial charge in [-0.25, -0.2) is 0 Å². The Morgan fingerprint density at radius 1 is 1.42 bits per heavy atom. The molecule has 0 spiro atoms. The van der Waals surface area contributed by atoms with Gasteiger partial charge >= 0.3 is 5.97 Å². The van der Waals surface area contributed by atoms with Gasteiger partial charge in [-0.1, -0.05) is 0 Å². The molecule has 2 fully saturated rings. The molecule has 2 amide bonds. The molecule has 2 unspecified atom stereocenters. The standard InChI is InChI=1S/C12H19N3O4/c1-14-4-2-8(7-14)12(19)15-5-3-13-11(18)9(15)6-10(16)17/h8-9H,2-7H2,1H3,(H,13,18)(H,16,17). The third kappa shape index (κ3) is 3.04. The van der Waals surface area contributed by atoms with E-state index in [1.807, 2.05) is 7.05 Å². The summed E-state index contributed by atoms with van der Waals surface area (Å²) in [4.78, 5) is 38.5. The second-order valence-corrected chi connectivity index (χ2v) is 5.18. The number of carboxylic acid groups (broad SMARTS) is 1. The van der Waals surface area contributed by atoms with Gasteiger partial charge in [0.25, 0.3) is 0 Å². The number of carbonyl (C=O) groups is 3. The number of nitrogens with one attached hydrogen (secondary N) is 1. The Labute approximate surface area is 111 Å². The van der Waals surface area contributed by atoms with Gasteiger partial charge < -0.3 is 20.2 Å². The summed E-state index contributed by atoms with van der Waals surface area (Å²) in [5, 5.41) is 11.5. The number of hydrogen-bond acceptors (Lipinski definition) is 4. The third-order valence-corrected chi connectivity index (χ3v) is 3.72. The first-order valence-corrected chi connectivity index (χ1v) is 6.47. The van der Waals surface area contributed by atoms with Gasteiger partial charge in [0, 0.05) is 19.6 Å². The quantitative estimate of drug-likeness (QED) is 0.667. The van der Waals surface area contributed by atoms with Gasteiger partial charge in [-0.2, -0.15) is 0 Å². The average Bonchev–Trinajstić information content (AvgIpc) is 2.77. The van der Waals surface area contributed by atoms with Crippen LogP contribution in [0.3, 0.4) is 0 Å². The average molecular weight is 269 g/mol. The van der Waals surface area contributed by atoms with Crippen LogP contribution < -0.4 is 5.32 Å². The summed E-state index contributed by atoms with van der Waals surface area (Å²) in [5.74, 6) is -1.64. The van der Waals surface area contributed by atoms with Gasteiger partial charge in [-0.3, -0.25) is 14.4 Å². The molecule has 0 aromatic carbocycles. The molecule has 0 radical (unpaired) electrons. The third-order valence-electron chi connectivity index (χ3n) is 3.72. The fourth-order valence-electron chi connectivity index (χ4n) is 2.72. The molecule has 2 rings (SSSR count). The Hall–Kier alpha value is -1.63. The maximum atomic E-state index is 12.4. The summed E-state index contributed by atoms with van der Waals surface area (Å²) in [6.07, 6.45) is 0.438. The molecule has 7 heteroatoms.